The van der Waals surface area contributed by atoms with Crippen molar-refractivity contribution in [1.82, 2.24) is 4.98 Å². The van der Waals surface area contributed by atoms with Crippen molar-refractivity contribution in [2.45, 2.75) is 13.3 Å². The van der Waals surface area contributed by atoms with E-state index in [4.69, 9.17) is 0 Å². The summed E-state index contributed by atoms with van der Waals surface area (Å²) in [6, 6.07) is 11.6. The van der Waals surface area contributed by atoms with E-state index < -0.39 is 0 Å². The summed E-state index contributed by atoms with van der Waals surface area (Å²) in [6.45, 7) is 1.44. The Balaban J connectivity index is 2.23. The van der Waals surface area contributed by atoms with Gasteiger partial charge in [-0.3, -0.25) is 4.79 Å². The van der Waals surface area contributed by atoms with Crippen molar-refractivity contribution in [2.75, 3.05) is 0 Å². The number of benzene rings is 1. The summed E-state index contributed by atoms with van der Waals surface area (Å²) in [6.07, 6.45) is 0.682. The number of aromatic hydroxyl groups is 1. The minimum absolute atomic E-state index is 0.0431. The van der Waals surface area contributed by atoms with E-state index in [9.17, 15) is 9.90 Å². The van der Waals surface area contributed by atoms with Crippen molar-refractivity contribution in [3.63, 3.8) is 0 Å². The van der Waals surface area contributed by atoms with Crippen LogP contribution in [0.25, 0.3) is 0 Å². The van der Waals surface area contributed by atoms with Crippen LogP contribution in [0.3, 0.4) is 0 Å². The van der Waals surface area contributed by atoms with Gasteiger partial charge in [-0.05, 0) is 18.6 Å². The molecule has 0 atom stereocenters. The molecule has 0 saturated carbocycles. The zero-order valence-corrected chi connectivity index (χ0v) is 9.03. The molecule has 0 amide bonds. The topological polar surface area (TPSA) is 53.1 Å². The van der Waals surface area contributed by atoms with Crippen LogP contribution in [0, 0.1) is 0 Å². The largest absolute Gasteiger partial charge is 0.494 e. The fourth-order valence-electron chi connectivity index (χ4n) is 1.68. The Morgan fingerprint density at radius 2 is 2.00 bits per heavy atom. The van der Waals surface area contributed by atoms with Gasteiger partial charge in [0.25, 0.3) is 0 Å². The summed E-state index contributed by atoms with van der Waals surface area (Å²) in [5.74, 6) is -0.175. The maximum atomic E-state index is 11.2. The normalized spacial score (nSPS) is 10.3. The Labute approximate surface area is 93.7 Å². The minimum atomic E-state index is -0.131. The van der Waals surface area contributed by atoms with Crippen LogP contribution in [-0.4, -0.2) is 15.9 Å². The smallest absolute Gasteiger partial charge is 0.199 e. The van der Waals surface area contributed by atoms with E-state index in [0.29, 0.717) is 12.0 Å². The number of H-pyrrole nitrogens is 1. The van der Waals surface area contributed by atoms with Gasteiger partial charge in [0.05, 0.1) is 5.56 Å². The third kappa shape index (κ3) is 2.14. The highest BCUT2D eigenvalue weighted by Gasteiger charge is 2.10. The van der Waals surface area contributed by atoms with Gasteiger partial charge in [0.1, 0.15) is 0 Å². The number of aromatic nitrogens is 1. The molecule has 1 aromatic heterocycles. The lowest BCUT2D eigenvalue weighted by Crippen LogP contribution is -1.88. The zero-order chi connectivity index (χ0) is 11.5. The molecule has 0 unspecified atom stereocenters. The number of carbonyl (C=O) groups excluding carboxylic acids is 1. The molecule has 2 aromatic rings. The van der Waals surface area contributed by atoms with Gasteiger partial charge in [-0.15, -0.1) is 0 Å². The first-order valence-electron chi connectivity index (χ1n) is 5.12. The molecule has 0 spiro atoms. The number of hydrogen-bond acceptors (Lipinski definition) is 2. The fourth-order valence-corrected chi connectivity index (χ4v) is 1.68. The zero-order valence-electron chi connectivity index (χ0n) is 9.03. The number of ketones is 1. The summed E-state index contributed by atoms with van der Waals surface area (Å²) in [7, 11) is 0. The Hall–Kier alpha value is -2.03. The number of hydrogen-bond donors (Lipinski definition) is 2. The molecule has 0 aliphatic carbocycles. The van der Waals surface area contributed by atoms with E-state index in [-0.39, 0.29) is 11.7 Å². The van der Waals surface area contributed by atoms with E-state index in [1.54, 1.807) is 6.07 Å². The summed E-state index contributed by atoms with van der Waals surface area (Å²) < 4.78 is 0. The van der Waals surface area contributed by atoms with E-state index in [2.05, 4.69) is 4.98 Å². The van der Waals surface area contributed by atoms with Crippen LogP contribution >= 0.6 is 0 Å². The molecular weight excluding hydrogens is 202 g/mol. The molecule has 82 valence electrons. The van der Waals surface area contributed by atoms with E-state index in [1.165, 1.54) is 6.92 Å². The molecule has 1 heterocycles. The summed E-state index contributed by atoms with van der Waals surface area (Å²) >= 11 is 0. The molecule has 16 heavy (non-hydrogen) atoms. The van der Waals surface area contributed by atoms with Crippen LogP contribution in [0.5, 0.6) is 5.88 Å². The van der Waals surface area contributed by atoms with Crippen molar-refractivity contribution in [1.29, 1.82) is 0 Å². The van der Waals surface area contributed by atoms with Gasteiger partial charge in [0, 0.05) is 12.1 Å². The summed E-state index contributed by atoms with van der Waals surface area (Å²) in [4.78, 5) is 14.0. The number of nitrogens with one attached hydrogen (secondary N) is 1. The maximum Gasteiger partial charge on any atom is 0.199 e. The molecule has 0 radical (unpaired) electrons. The van der Waals surface area contributed by atoms with Crippen LogP contribution in [0.2, 0.25) is 0 Å². The number of rotatable bonds is 3. The van der Waals surface area contributed by atoms with Crippen LogP contribution in [0.1, 0.15) is 28.5 Å². The lowest BCUT2D eigenvalue weighted by Gasteiger charge is -1.97. The van der Waals surface area contributed by atoms with Crippen molar-refractivity contribution < 1.29 is 9.90 Å². The van der Waals surface area contributed by atoms with Gasteiger partial charge >= 0.3 is 0 Å². The van der Waals surface area contributed by atoms with Crippen molar-refractivity contribution >= 4 is 5.78 Å². The van der Waals surface area contributed by atoms with Gasteiger partial charge in [0.15, 0.2) is 11.7 Å². The standard InChI is InChI=1S/C13H13NO2/c1-9(15)12-8-11(14-13(12)16)7-10-5-3-2-4-6-10/h2-6,8,14,16H,7H2,1H3. The Bertz CT molecular complexity index is 500. The molecule has 3 heteroatoms. The molecule has 0 aliphatic rings. The van der Waals surface area contributed by atoms with Crippen molar-refractivity contribution in [3.8, 4) is 5.88 Å². The first-order valence-corrected chi connectivity index (χ1v) is 5.12. The number of aromatic amines is 1. The van der Waals surface area contributed by atoms with Crippen LogP contribution < -0.4 is 0 Å². The van der Waals surface area contributed by atoms with Gasteiger partial charge in [-0.1, -0.05) is 30.3 Å². The van der Waals surface area contributed by atoms with Crippen LogP contribution in [-0.2, 0) is 6.42 Å². The van der Waals surface area contributed by atoms with Gasteiger partial charge < -0.3 is 10.1 Å². The first-order chi connectivity index (χ1) is 7.66. The van der Waals surface area contributed by atoms with Gasteiger partial charge in [-0.25, -0.2) is 0 Å². The third-order valence-electron chi connectivity index (χ3n) is 2.47. The fraction of sp³-hybridized carbons (Fsp3) is 0.154. The average Bonchev–Trinajstić information content (AvgIpc) is 2.61. The molecule has 2 N–H and O–H groups in total. The first kappa shape index (κ1) is 10.5. The molecule has 0 fully saturated rings. The Morgan fingerprint density at radius 1 is 1.31 bits per heavy atom. The summed E-state index contributed by atoms with van der Waals surface area (Å²) in [5.41, 5.74) is 2.33. The second kappa shape index (κ2) is 4.23. The second-order valence-electron chi connectivity index (χ2n) is 3.78. The Kier molecular flexibility index (Phi) is 2.77. The number of carbonyl (C=O) groups is 1. The van der Waals surface area contributed by atoms with E-state index in [1.807, 2.05) is 30.3 Å². The average molecular weight is 215 g/mol. The second-order valence-corrected chi connectivity index (χ2v) is 3.78. The predicted molar refractivity (Wildman–Crippen MR) is 61.7 cm³/mol. The molecule has 0 aliphatic heterocycles. The number of Topliss-reactive ketones (excluding diaryl/α,β-unsaturated/α-hetero) is 1. The third-order valence-corrected chi connectivity index (χ3v) is 2.47. The Morgan fingerprint density at radius 3 is 2.56 bits per heavy atom. The van der Waals surface area contributed by atoms with Gasteiger partial charge in [0.2, 0.25) is 0 Å². The highest BCUT2D eigenvalue weighted by molar-refractivity contribution is 5.96. The lowest BCUT2D eigenvalue weighted by atomic mass is 10.1. The highest BCUT2D eigenvalue weighted by atomic mass is 16.3. The molecule has 0 saturated heterocycles. The van der Waals surface area contributed by atoms with Crippen molar-refractivity contribution in [3.05, 3.63) is 53.2 Å². The predicted octanol–water partition coefficient (Wildman–Crippen LogP) is 2.51. The van der Waals surface area contributed by atoms with Crippen LogP contribution in [0.4, 0.5) is 0 Å². The van der Waals surface area contributed by atoms with E-state index >= 15 is 0 Å². The maximum absolute atomic E-state index is 11.2. The molecule has 1 aromatic carbocycles. The van der Waals surface area contributed by atoms with Crippen LogP contribution in [0.15, 0.2) is 36.4 Å². The quantitative estimate of drug-likeness (QED) is 0.773. The SMILES string of the molecule is CC(=O)c1cc(Cc2ccccc2)[nH]c1O. The van der Waals surface area contributed by atoms with Crippen molar-refractivity contribution in [2.24, 2.45) is 0 Å². The summed E-state index contributed by atoms with van der Waals surface area (Å²) in [5, 5.41) is 9.50. The molecule has 2 rings (SSSR count). The highest BCUT2D eigenvalue weighted by Crippen LogP contribution is 2.19. The molecular formula is C13H13NO2. The lowest BCUT2D eigenvalue weighted by molar-refractivity contribution is 0.101. The molecule has 3 nitrogen and oxygen atoms in total. The molecule has 0 bridgehead atoms. The van der Waals surface area contributed by atoms with Gasteiger partial charge in [-0.2, -0.15) is 0 Å². The monoisotopic (exact) mass is 215 g/mol. The minimum Gasteiger partial charge on any atom is -0.494 e. The van der Waals surface area contributed by atoms with E-state index in [0.717, 1.165) is 11.3 Å².